The first-order valence-corrected chi connectivity index (χ1v) is 5.66. The molecule has 0 atom stereocenters. The van der Waals surface area contributed by atoms with Crippen molar-refractivity contribution in [2.45, 2.75) is 19.3 Å². The molecule has 2 nitrogen and oxygen atoms in total. The van der Waals surface area contributed by atoms with E-state index in [-0.39, 0.29) is 6.61 Å². The van der Waals surface area contributed by atoms with Crippen molar-refractivity contribution < 1.29 is 9.84 Å². The van der Waals surface area contributed by atoms with Crippen molar-refractivity contribution >= 4 is 15.9 Å². The van der Waals surface area contributed by atoms with Gasteiger partial charge in [-0.15, -0.1) is 0 Å². The van der Waals surface area contributed by atoms with Crippen molar-refractivity contribution in [3.63, 3.8) is 0 Å². The number of ether oxygens (including phenoxy) is 1. The van der Waals surface area contributed by atoms with Crippen LogP contribution < -0.4 is 4.74 Å². The van der Waals surface area contributed by atoms with Crippen molar-refractivity contribution in [2.75, 3.05) is 13.2 Å². The highest BCUT2D eigenvalue weighted by Gasteiger charge is 2.16. The highest BCUT2D eigenvalue weighted by Crippen LogP contribution is 2.35. The molecule has 0 saturated heterocycles. The predicted molar refractivity (Wildman–Crippen MR) is 58.7 cm³/mol. The molecular formula is C11H13BrO2. The average Bonchev–Trinajstić information content (AvgIpc) is 2.23. The highest BCUT2D eigenvalue weighted by molar-refractivity contribution is 9.10. The van der Waals surface area contributed by atoms with Crippen LogP contribution in [0.4, 0.5) is 0 Å². The van der Waals surface area contributed by atoms with Gasteiger partial charge in [-0.2, -0.15) is 0 Å². The van der Waals surface area contributed by atoms with E-state index >= 15 is 0 Å². The Morgan fingerprint density at radius 3 is 3.07 bits per heavy atom. The van der Waals surface area contributed by atoms with E-state index in [1.54, 1.807) is 0 Å². The Hall–Kier alpha value is -0.540. The third kappa shape index (κ3) is 1.79. The number of aliphatic hydroxyl groups is 1. The lowest BCUT2D eigenvalue weighted by Crippen LogP contribution is -2.11. The number of benzene rings is 1. The van der Waals surface area contributed by atoms with Gasteiger partial charge in [0.15, 0.2) is 0 Å². The molecule has 0 radical (unpaired) electrons. The minimum Gasteiger partial charge on any atom is -0.492 e. The van der Waals surface area contributed by atoms with Gasteiger partial charge in [-0.3, -0.25) is 0 Å². The lowest BCUT2D eigenvalue weighted by Gasteiger charge is -2.21. The molecule has 0 unspecified atom stereocenters. The van der Waals surface area contributed by atoms with Gasteiger partial charge >= 0.3 is 0 Å². The van der Waals surface area contributed by atoms with Crippen molar-refractivity contribution in [3.8, 4) is 5.75 Å². The van der Waals surface area contributed by atoms with Crippen molar-refractivity contribution in [2.24, 2.45) is 0 Å². The molecule has 0 bridgehead atoms. The van der Waals surface area contributed by atoms with Crippen LogP contribution in [0.5, 0.6) is 5.75 Å². The van der Waals surface area contributed by atoms with Crippen LogP contribution in [-0.2, 0) is 12.8 Å². The Bertz CT molecular complexity index is 336. The molecule has 0 fully saturated rings. The smallest absolute Gasteiger partial charge is 0.136 e. The summed E-state index contributed by atoms with van der Waals surface area (Å²) < 4.78 is 6.63. The van der Waals surface area contributed by atoms with Gasteiger partial charge < -0.3 is 9.84 Å². The fourth-order valence-corrected chi connectivity index (χ4v) is 2.33. The van der Waals surface area contributed by atoms with Gasteiger partial charge in [-0.1, -0.05) is 6.07 Å². The molecule has 0 aromatic heterocycles. The Kier molecular flexibility index (Phi) is 3.08. The van der Waals surface area contributed by atoms with Crippen LogP contribution in [0.1, 0.15) is 17.5 Å². The van der Waals surface area contributed by atoms with E-state index in [1.807, 2.05) is 6.07 Å². The van der Waals surface area contributed by atoms with Crippen molar-refractivity contribution in [1.29, 1.82) is 0 Å². The minimum atomic E-state index is 0.202. The molecule has 0 aliphatic carbocycles. The zero-order valence-corrected chi connectivity index (χ0v) is 9.51. The van der Waals surface area contributed by atoms with E-state index in [0.717, 1.165) is 36.1 Å². The van der Waals surface area contributed by atoms with E-state index in [4.69, 9.17) is 9.84 Å². The fourth-order valence-electron chi connectivity index (χ4n) is 1.85. The van der Waals surface area contributed by atoms with Crippen LogP contribution in [0.25, 0.3) is 0 Å². The van der Waals surface area contributed by atoms with Crippen molar-refractivity contribution in [3.05, 3.63) is 27.7 Å². The molecule has 0 amide bonds. The molecule has 1 heterocycles. The molecule has 14 heavy (non-hydrogen) atoms. The molecule has 1 aromatic rings. The lowest BCUT2D eigenvalue weighted by atomic mass is 9.98. The highest BCUT2D eigenvalue weighted by atomic mass is 79.9. The Labute approximate surface area is 92.0 Å². The van der Waals surface area contributed by atoms with Crippen molar-refractivity contribution in [1.82, 2.24) is 0 Å². The second kappa shape index (κ2) is 4.32. The first-order valence-electron chi connectivity index (χ1n) is 4.87. The molecule has 76 valence electrons. The molecule has 1 N–H and O–H groups in total. The molecule has 2 rings (SSSR count). The van der Waals surface area contributed by atoms with Gasteiger partial charge in [0, 0.05) is 6.61 Å². The number of aliphatic hydroxyl groups excluding tert-OH is 1. The third-order valence-electron chi connectivity index (χ3n) is 2.51. The number of hydrogen-bond donors (Lipinski definition) is 1. The van der Waals surface area contributed by atoms with Crippen LogP contribution in [0, 0.1) is 0 Å². The van der Waals surface area contributed by atoms with E-state index in [0.29, 0.717) is 0 Å². The first-order chi connectivity index (χ1) is 6.83. The number of rotatable bonds is 2. The summed E-state index contributed by atoms with van der Waals surface area (Å²) in [4.78, 5) is 0. The summed E-state index contributed by atoms with van der Waals surface area (Å²) >= 11 is 3.48. The van der Waals surface area contributed by atoms with Gasteiger partial charge in [0.25, 0.3) is 0 Å². The predicted octanol–water partition coefficient (Wildman–Crippen LogP) is 2.31. The summed E-state index contributed by atoms with van der Waals surface area (Å²) in [5, 5.41) is 8.94. The summed E-state index contributed by atoms with van der Waals surface area (Å²) in [7, 11) is 0. The minimum absolute atomic E-state index is 0.202. The van der Waals surface area contributed by atoms with Gasteiger partial charge in [-0.05, 0) is 52.4 Å². The second-order valence-electron chi connectivity index (χ2n) is 3.44. The summed E-state index contributed by atoms with van der Waals surface area (Å²) in [6, 6.07) is 4.06. The molecule has 1 aliphatic rings. The van der Waals surface area contributed by atoms with E-state index in [9.17, 15) is 0 Å². The molecule has 1 aliphatic heterocycles. The Morgan fingerprint density at radius 2 is 2.29 bits per heavy atom. The fraction of sp³-hybridized carbons (Fsp3) is 0.455. The monoisotopic (exact) mass is 256 g/mol. The first kappa shape index (κ1) is 9.99. The van der Waals surface area contributed by atoms with Crippen LogP contribution >= 0.6 is 15.9 Å². The summed E-state index contributed by atoms with van der Waals surface area (Å²) in [6.07, 6.45) is 2.85. The second-order valence-corrected chi connectivity index (χ2v) is 4.29. The number of hydrogen-bond acceptors (Lipinski definition) is 2. The van der Waals surface area contributed by atoms with Crippen LogP contribution in [-0.4, -0.2) is 18.3 Å². The third-order valence-corrected chi connectivity index (χ3v) is 3.13. The largest absolute Gasteiger partial charge is 0.492 e. The Balaban J connectivity index is 2.42. The van der Waals surface area contributed by atoms with Crippen LogP contribution in [0.15, 0.2) is 16.6 Å². The molecule has 0 saturated carbocycles. The lowest BCUT2D eigenvalue weighted by molar-refractivity contribution is 0.281. The standard InChI is InChI=1S/C11H13BrO2/c12-10-4-3-8(5-6-13)9-2-1-7-14-11(9)10/h3-4,13H,1-2,5-7H2. The van der Waals surface area contributed by atoms with E-state index < -0.39 is 0 Å². The van der Waals surface area contributed by atoms with Gasteiger partial charge in [0.1, 0.15) is 5.75 Å². The quantitative estimate of drug-likeness (QED) is 0.880. The topological polar surface area (TPSA) is 29.5 Å². The summed E-state index contributed by atoms with van der Waals surface area (Å²) in [5.41, 5.74) is 2.48. The molecule has 1 aromatic carbocycles. The van der Waals surface area contributed by atoms with Crippen LogP contribution in [0.2, 0.25) is 0 Å². The molecule has 0 spiro atoms. The maximum absolute atomic E-state index is 8.94. The number of halogens is 1. The Morgan fingerprint density at radius 1 is 1.43 bits per heavy atom. The SMILES string of the molecule is OCCc1ccc(Br)c2c1CCCO2. The van der Waals surface area contributed by atoms with Gasteiger partial charge in [0.05, 0.1) is 11.1 Å². The summed E-state index contributed by atoms with van der Waals surface area (Å²) in [5.74, 6) is 0.974. The van der Waals surface area contributed by atoms with Crippen LogP contribution in [0.3, 0.4) is 0 Å². The average molecular weight is 257 g/mol. The zero-order chi connectivity index (χ0) is 9.97. The van der Waals surface area contributed by atoms with Gasteiger partial charge in [-0.25, -0.2) is 0 Å². The normalized spacial score (nSPS) is 14.7. The maximum Gasteiger partial charge on any atom is 0.136 e. The number of fused-ring (bicyclic) bond motifs is 1. The molecule has 3 heteroatoms. The van der Waals surface area contributed by atoms with E-state index in [1.165, 1.54) is 11.1 Å². The zero-order valence-electron chi connectivity index (χ0n) is 7.92. The summed E-state index contributed by atoms with van der Waals surface area (Å²) in [6.45, 7) is 1.00. The van der Waals surface area contributed by atoms with E-state index in [2.05, 4.69) is 22.0 Å². The van der Waals surface area contributed by atoms with Gasteiger partial charge in [0.2, 0.25) is 0 Å². The molecular weight excluding hydrogens is 244 g/mol. The maximum atomic E-state index is 8.94.